The number of amides is 1. The molecule has 0 fully saturated rings. The van der Waals surface area contributed by atoms with Crippen LogP contribution in [-0.2, 0) is 0 Å². The molecule has 0 aliphatic carbocycles. The summed E-state index contributed by atoms with van der Waals surface area (Å²) < 4.78 is 4.09. The highest BCUT2D eigenvalue weighted by Gasteiger charge is 2.10. The van der Waals surface area contributed by atoms with Gasteiger partial charge in [-0.15, -0.1) is 0 Å². The van der Waals surface area contributed by atoms with E-state index in [0.717, 1.165) is 4.88 Å². The van der Waals surface area contributed by atoms with Crippen LogP contribution in [0.5, 0.6) is 0 Å². The van der Waals surface area contributed by atoms with Crippen molar-refractivity contribution in [3.05, 3.63) is 16.6 Å². The van der Waals surface area contributed by atoms with Crippen molar-refractivity contribution in [3.8, 4) is 0 Å². The first-order chi connectivity index (χ1) is 6.15. The number of nitrogens with one attached hydrogen (secondary N) is 1. The molecule has 0 bridgehead atoms. The summed E-state index contributed by atoms with van der Waals surface area (Å²) >= 11 is 1.40. The summed E-state index contributed by atoms with van der Waals surface area (Å²) in [5.41, 5.74) is 0.538. The third-order valence-electron chi connectivity index (χ3n) is 1.67. The first-order valence-corrected chi connectivity index (χ1v) is 5.17. The molecule has 0 saturated heterocycles. The van der Waals surface area contributed by atoms with Gasteiger partial charge in [-0.3, -0.25) is 4.79 Å². The second kappa shape index (κ2) is 4.37. The van der Waals surface area contributed by atoms with Crippen LogP contribution in [0, 0.1) is 0 Å². The third-order valence-corrected chi connectivity index (χ3v) is 2.76. The molecular formula is C9H14N2OS. The minimum absolute atomic E-state index is 0.0781. The molecule has 0 aliphatic rings. The van der Waals surface area contributed by atoms with Crippen molar-refractivity contribution in [1.82, 2.24) is 9.69 Å². The lowest BCUT2D eigenvalue weighted by Gasteiger charge is -1.97. The maximum absolute atomic E-state index is 11.3. The number of carbonyl (C=O) groups is 1. The number of hydrogen-bond acceptors (Lipinski definition) is 3. The van der Waals surface area contributed by atoms with Gasteiger partial charge in [-0.2, -0.15) is 4.37 Å². The molecule has 3 nitrogen and oxygen atoms in total. The highest BCUT2D eigenvalue weighted by molar-refractivity contribution is 7.06. The number of rotatable bonds is 3. The van der Waals surface area contributed by atoms with Crippen LogP contribution < -0.4 is 5.32 Å². The van der Waals surface area contributed by atoms with E-state index in [1.54, 1.807) is 0 Å². The van der Waals surface area contributed by atoms with Crippen molar-refractivity contribution in [2.45, 2.75) is 26.7 Å². The van der Waals surface area contributed by atoms with Crippen molar-refractivity contribution in [2.24, 2.45) is 0 Å². The third kappa shape index (κ3) is 2.52. The molecule has 72 valence electrons. The zero-order valence-electron chi connectivity index (χ0n) is 8.13. The van der Waals surface area contributed by atoms with E-state index in [9.17, 15) is 4.79 Å². The van der Waals surface area contributed by atoms with E-state index in [1.807, 2.05) is 13.0 Å². The molecule has 1 aromatic heterocycles. The summed E-state index contributed by atoms with van der Waals surface area (Å²) in [6.07, 6.45) is 0. The van der Waals surface area contributed by atoms with Crippen molar-refractivity contribution >= 4 is 17.4 Å². The van der Waals surface area contributed by atoms with Gasteiger partial charge < -0.3 is 5.32 Å². The van der Waals surface area contributed by atoms with Gasteiger partial charge in [0.15, 0.2) is 0 Å². The molecule has 1 N–H and O–H groups in total. The van der Waals surface area contributed by atoms with Gasteiger partial charge in [0.2, 0.25) is 0 Å². The summed E-state index contributed by atoms with van der Waals surface area (Å²) in [5.74, 6) is 0.367. The summed E-state index contributed by atoms with van der Waals surface area (Å²) in [6.45, 7) is 6.73. The Morgan fingerprint density at radius 2 is 2.38 bits per heavy atom. The van der Waals surface area contributed by atoms with Gasteiger partial charge in [-0.1, -0.05) is 13.8 Å². The van der Waals surface area contributed by atoms with Crippen molar-refractivity contribution in [3.63, 3.8) is 0 Å². The second-order valence-electron chi connectivity index (χ2n) is 3.13. The van der Waals surface area contributed by atoms with E-state index in [2.05, 4.69) is 23.5 Å². The Morgan fingerprint density at radius 3 is 2.85 bits per heavy atom. The van der Waals surface area contributed by atoms with E-state index in [4.69, 9.17) is 0 Å². The quantitative estimate of drug-likeness (QED) is 0.807. The Labute approximate surface area is 82.3 Å². The van der Waals surface area contributed by atoms with Gasteiger partial charge in [0, 0.05) is 11.4 Å². The van der Waals surface area contributed by atoms with Crippen molar-refractivity contribution < 1.29 is 4.79 Å². The smallest absolute Gasteiger partial charge is 0.270 e. The van der Waals surface area contributed by atoms with Crippen LogP contribution >= 0.6 is 11.5 Å². The molecule has 1 amide bonds. The first-order valence-electron chi connectivity index (χ1n) is 4.40. The maximum atomic E-state index is 11.3. The lowest BCUT2D eigenvalue weighted by Crippen LogP contribution is -2.22. The fourth-order valence-electron chi connectivity index (χ4n) is 0.920. The van der Waals surface area contributed by atoms with Crippen molar-refractivity contribution in [2.75, 3.05) is 6.54 Å². The molecule has 0 saturated carbocycles. The molecular weight excluding hydrogens is 184 g/mol. The van der Waals surface area contributed by atoms with Crippen LogP contribution in [0.1, 0.15) is 42.1 Å². The predicted molar refractivity (Wildman–Crippen MR) is 54.2 cm³/mol. The van der Waals surface area contributed by atoms with E-state index < -0.39 is 0 Å². The van der Waals surface area contributed by atoms with E-state index in [-0.39, 0.29) is 5.91 Å². The number of nitrogens with zero attached hydrogens (tertiary/aromatic N) is 1. The summed E-state index contributed by atoms with van der Waals surface area (Å²) in [5, 5.41) is 2.72. The molecule has 0 spiro atoms. The fourth-order valence-corrected chi connectivity index (χ4v) is 1.63. The first kappa shape index (κ1) is 10.2. The minimum atomic E-state index is -0.0781. The SMILES string of the molecule is CCNC(=O)c1cc(C(C)C)sn1. The standard InChI is InChI=1S/C9H14N2OS/c1-4-10-9(12)7-5-8(6(2)3)13-11-7/h5-6H,4H2,1-3H3,(H,10,12). The van der Waals surface area contributed by atoms with E-state index in [1.165, 1.54) is 11.5 Å². The number of hydrogen-bond donors (Lipinski definition) is 1. The van der Waals surface area contributed by atoms with Crippen molar-refractivity contribution in [1.29, 1.82) is 0 Å². The van der Waals surface area contributed by atoms with Gasteiger partial charge >= 0.3 is 0 Å². The molecule has 1 rings (SSSR count). The second-order valence-corrected chi connectivity index (χ2v) is 3.97. The Hall–Kier alpha value is -0.900. The Morgan fingerprint density at radius 1 is 1.69 bits per heavy atom. The Balaban J connectivity index is 2.73. The van der Waals surface area contributed by atoms with Crippen LogP contribution in [0.4, 0.5) is 0 Å². The van der Waals surface area contributed by atoms with Gasteiger partial charge in [0.25, 0.3) is 5.91 Å². The predicted octanol–water partition coefficient (Wildman–Crippen LogP) is 2.02. The lowest BCUT2D eigenvalue weighted by atomic mass is 10.2. The minimum Gasteiger partial charge on any atom is -0.351 e. The van der Waals surface area contributed by atoms with Crippen LogP contribution in [0.2, 0.25) is 0 Å². The van der Waals surface area contributed by atoms with E-state index in [0.29, 0.717) is 18.2 Å². The molecule has 1 heterocycles. The average molecular weight is 198 g/mol. The Kier molecular flexibility index (Phi) is 3.42. The highest BCUT2D eigenvalue weighted by atomic mass is 32.1. The largest absolute Gasteiger partial charge is 0.351 e. The van der Waals surface area contributed by atoms with Crippen LogP contribution in [0.3, 0.4) is 0 Å². The Bertz CT molecular complexity index is 294. The number of carbonyl (C=O) groups excluding carboxylic acids is 1. The maximum Gasteiger partial charge on any atom is 0.270 e. The van der Waals surface area contributed by atoms with Crippen LogP contribution in [0.15, 0.2) is 6.07 Å². The molecule has 0 aromatic carbocycles. The highest BCUT2D eigenvalue weighted by Crippen LogP contribution is 2.19. The van der Waals surface area contributed by atoms with Gasteiger partial charge in [-0.05, 0) is 30.4 Å². The molecule has 0 radical (unpaired) electrons. The topological polar surface area (TPSA) is 42.0 Å². The molecule has 0 aliphatic heterocycles. The normalized spacial score (nSPS) is 10.5. The molecule has 4 heteroatoms. The monoisotopic (exact) mass is 198 g/mol. The van der Waals surface area contributed by atoms with Gasteiger partial charge in [-0.25, -0.2) is 0 Å². The van der Waals surface area contributed by atoms with Crippen LogP contribution in [-0.4, -0.2) is 16.8 Å². The fraction of sp³-hybridized carbons (Fsp3) is 0.556. The number of aromatic nitrogens is 1. The zero-order valence-corrected chi connectivity index (χ0v) is 8.94. The summed E-state index contributed by atoms with van der Waals surface area (Å²) in [7, 11) is 0. The molecule has 13 heavy (non-hydrogen) atoms. The summed E-state index contributed by atoms with van der Waals surface area (Å²) in [6, 6.07) is 1.86. The van der Waals surface area contributed by atoms with Crippen LogP contribution in [0.25, 0.3) is 0 Å². The molecule has 0 atom stereocenters. The van der Waals surface area contributed by atoms with Gasteiger partial charge in [0.05, 0.1) is 0 Å². The lowest BCUT2D eigenvalue weighted by molar-refractivity contribution is 0.0952. The average Bonchev–Trinajstić information content (AvgIpc) is 2.52. The molecule has 0 unspecified atom stereocenters. The zero-order chi connectivity index (χ0) is 9.84. The van der Waals surface area contributed by atoms with Gasteiger partial charge in [0.1, 0.15) is 5.69 Å². The molecule has 1 aromatic rings. The van der Waals surface area contributed by atoms with E-state index >= 15 is 0 Å². The summed E-state index contributed by atoms with van der Waals surface area (Å²) in [4.78, 5) is 12.5.